The summed E-state index contributed by atoms with van der Waals surface area (Å²) in [5.74, 6) is 1.92. The van der Waals surface area contributed by atoms with Gasteiger partial charge in [-0.1, -0.05) is 133 Å². The van der Waals surface area contributed by atoms with E-state index in [4.69, 9.17) is 15.0 Å². The number of fused-ring (bicyclic) bond motifs is 3. The van der Waals surface area contributed by atoms with Crippen molar-refractivity contribution in [1.82, 2.24) is 19.9 Å². The smallest absolute Gasteiger partial charge is 0.164 e. The Kier molecular flexibility index (Phi) is 7.30. The van der Waals surface area contributed by atoms with Crippen LogP contribution in [0.2, 0.25) is 0 Å². The van der Waals surface area contributed by atoms with E-state index in [9.17, 15) is 0 Å². The van der Waals surface area contributed by atoms with Crippen LogP contribution in [0, 0.1) is 0 Å². The third-order valence-corrected chi connectivity index (χ3v) is 10.1. The first-order valence-corrected chi connectivity index (χ1v) is 17.0. The lowest BCUT2D eigenvalue weighted by Gasteiger charge is -2.12. The van der Waals surface area contributed by atoms with Gasteiger partial charge in [0, 0.05) is 65.9 Å². The number of nitrogens with zero attached hydrogens (tertiary/aromatic N) is 4. The maximum absolute atomic E-state index is 5.17. The predicted octanol–water partition coefficient (Wildman–Crippen LogP) is 11.6. The Morgan fingerprint density at radius 3 is 1.49 bits per heavy atom. The van der Waals surface area contributed by atoms with Crippen molar-refractivity contribution in [3.8, 4) is 67.5 Å². The van der Waals surface area contributed by atoms with Crippen molar-refractivity contribution in [2.24, 2.45) is 0 Å². The molecule has 4 nitrogen and oxygen atoms in total. The summed E-state index contributed by atoms with van der Waals surface area (Å²) in [5, 5.41) is 2.30. The molecule has 0 aliphatic rings. The number of hydrogen-bond acceptors (Lipinski definition) is 5. The van der Waals surface area contributed by atoms with Gasteiger partial charge in [0.05, 0.1) is 0 Å². The Morgan fingerprint density at radius 1 is 0.367 bits per heavy atom. The maximum atomic E-state index is 5.17. The summed E-state index contributed by atoms with van der Waals surface area (Å²) in [6.07, 6.45) is 3.76. The molecule has 0 fully saturated rings. The molecule has 0 atom stereocenters. The van der Waals surface area contributed by atoms with Crippen LogP contribution in [0.3, 0.4) is 0 Å². The van der Waals surface area contributed by atoms with Crippen LogP contribution in [0.1, 0.15) is 0 Å². The Bertz CT molecular complexity index is 2510. The maximum Gasteiger partial charge on any atom is 0.164 e. The first-order chi connectivity index (χ1) is 24.3. The Labute approximate surface area is 288 Å². The molecule has 0 aliphatic carbocycles. The fraction of sp³-hybridized carbons (Fsp3) is 0. The second kappa shape index (κ2) is 12.4. The zero-order valence-electron chi connectivity index (χ0n) is 26.4. The van der Waals surface area contributed by atoms with E-state index < -0.39 is 0 Å². The standard InChI is InChI=1S/C44H28N4S/c1-5-14-29(15-6-1)34-26-37(30-16-7-2-8-17-30)40-38(27-34)39-36(24-23-35(41(39)49-40)33-22-13-25-45-28-33)44-47-42(31-18-9-3-10-19-31)46-43(48-44)32-20-11-4-12-21-32/h1-28H. The van der Waals surface area contributed by atoms with Gasteiger partial charge in [0.15, 0.2) is 17.5 Å². The zero-order valence-corrected chi connectivity index (χ0v) is 27.2. The zero-order chi connectivity index (χ0) is 32.6. The lowest BCUT2D eigenvalue weighted by Crippen LogP contribution is -2.00. The minimum absolute atomic E-state index is 0.640. The van der Waals surface area contributed by atoms with E-state index in [-0.39, 0.29) is 0 Å². The molecule has 6 aromatic carbocycles. The van der Waals surface area contributed by atoms with Gasteiger partial charge in [-0.25, -0.2) is 15.0 Å². The molecule has 0 saturated carbocycles. The van der Waals surface area contributed by atoms with Crippen molar-refractivity contribution in [3.63, 3.8) is 0 Å². The minimum Gasteiger partial charge on any atom is -0.264 e. The minimum atomic E-state index is 0.640. The van der Waals surface area contributed by atoms with Crippen molar-refractivity contribution < 1.29 is 0 Å². The highest BCUT2D eigenvalue weighted by atomic mass is 32.1. The quantitative estimate of drug-likeness (QED) is 0.181. The molecule has 3 heterocycles. The Morgan fingerprint density at radius 2 is 0.898 bits per heavy atom. The van der Waals surface area contributed by atoms with Gasteiger partial charge in [-0.3, -0.25) is 4.98 Å². The van der Waals surface area contributed by atoms with Gasteiger partial charge in [-0.2, -0.15) is 0 Å². The fourth-order valence-corrected chi connectivity index (χ4v) is 7.86. The summed E-state index contributed by atoms with van der Waals surface area (Å²) in [5.41, 5.74) is 9.77. The van der Waals surface area contributed by atoms with E-state index in [1.807, 2.05) is 90.5 Å². The van der Waals surface area contributed by atoms with Gasteiger partial charge < -0.3 is 0 Å². The molecule has 0 amide bonds. The SMILES string of the molecule is c1ccc(-c2cc(-c3ccccc3)c3sc4c(-c5cccnc5)ccc(-c5nc(-c6ccccc6)nc(-c6ccccc6)n5)c4c3c2)cc1. The molecular formula is C44H28N4S. The predicted molar refractivity (Wildman–Crippen MR) is 203 cm³/mol. The first-order valence-electron chi connectivity index (χ1n) is 16.2. The lowest BCUT2D eigenvalue weighted by atomic mass is 9.93. The van der Waals surface area contributed by atoms with Crippen LogP contribution in [-0.4, -0.2) is 19.9 Å². The third-order valence-electron chi connectivity index (χ3n) is 8.82. The van der Waals surface area contributed by atoms with Crippen molar-refractivity contribution in [3.05, 3.63) is 170 Å². The molecule has 49 heavy (non-hydrogen) atoms. The van der Waals surface area contributed by atoms with E-state index in [1.54, 1.807) is 0 Å². The van der Waals surface area contributed by atoms with Crippen LogP contribution >= 0.6 is 11.3 Å². The number of thiophene rings is 1. The van der Waals surface area contributed by atoms with Gasteiger partial charge in [0.1, 0.15) is 0 Å². The molecule has 0 aliphatic heterocycles. The third kappa shape index (κ3) is 5.36. The molecule has 0 spiro atoms. The monoisotopic (exact) mass is 644 g/mol. The molecule has 0 radical (unpaired) electrons. The summed E-state index contributed by atoms with van der Waals surface area (Å²) < 4.78 is 2.39. The van der Waals surface area contributed by atoms with Crippen molar-refractivity contribution in [2.45, 2.75) is 0 Å². The lowest BCUT2D eigenvalue weighted by molar-refractivity contribution is 1.08. The summed E-state index contributed by atoms with van der Waals surface area (Å²) in [6.45, 7) is 0. The number of hydrogen-bond donors (Lipinski definition) is 0. The highest BCUT2D eigenvalue weighted by molar-refractivity contribution is 7.27. The molecule has 9 rings (SSSR count). The average molecular weight is 645 g/mol. The molecule has 230 valence electrons. The number of rotatable bonds is 6. The second-order valence-corrected chi connectivity index (χ2v) is 12.9. The van der Waals surface area contributed by atoms with Gasteiger partial charge in [-0.15, -0.1) is 11.3 Å². The van der Waals surface area contributed by atoms with Crippen LogP contribution in [-0.2, 0) is 0 Å². The van der Waals surface area contributed by atoms with E-state index >= 15 is 0 Å². The Hall–Kier alpha value is -6.30. The molecule has 0 unspecified atom stereocenters. The van der Waals surface area contributed by atoms with Crippen LogP contribution < -0.4 is 0 Å². The molecule has 0 N–H and O–H groups in total. The molecule has 9 aromatic rings. The fourth-order valence-electron chi connectivity index (χ4n) is 6.48. The summed E-state index contributed by atoms with van der Waals surface area (Å²) in [6, 6.07) is 54.7. The second-order valence-electron chi connectivity index (χ2n) is 11.9. The average Bonchev–Trinajstić information content (AvgIpc) is 3.58. The van der Waals surface area contributed by atoms with Gasteiger partial charge in [0.25, 0.3) is 0 Å². The highest BCUT2D eigenvalue weighted by Crippen LogP contribution is 2.48. The Balaban J connectivity index is 1.40. The summed E-state index contributed by atoms with van der Waals surface area (Å²) in [4.78, 5) is 19.8. The topological polar surface area (TPSA) is 51.6 Å². The van der Waals surface area contributed by atoms with E-state index in [1.165, 1.54) is 31.5 Å². The van der Waals surface area contributed by atoms with E-state index in [2.05, 4.69) is 96.0 Å². The number of benzene rings is 6. The number of aromatic nitrogens is 4. The molecule has 0 saturated heterocycles. The normalized spacial score (nSPS) is 11.3. The van der Waals surface area contributed by atoms with Crippen LogP contribution in [0.5, 0.6) is 0 Å². The van der Waals surface area contributed by atoms with E-state index in [0.29, 0.717) is 17.5 Å². The molecule has 0 bridgehead atoms. The van der Waals surface area contributed by atoms with Crippen molar-refractivity contribution >= 4 is 31.5 Å². The van der Waals surface area contributed by atoms with Gasteiger partial charge >= 0.3 is 0 Å². The van der Waals surface area contributed by atoms with Crippen molar-refractivity contribution in [1.29, 1.82) is 0 Å². The van der Waals surface area contributed by atoms with Gasteiger partial charge in [0.2, 0.25) is 0 Å². The van der Waals surface area contributed by atoms with Crippen LogP contribution in [0.15, 0.2) is 170 Å². The van der Waals surface area contributed by atoms with Crippen molar-refractivity contribution in [2.75, 3.05) is 0 Å². The van der Waals surface area contributed by atoms with Crippen LogP contribution in [0.25, 0.3) is 87.7 Å². The largest absolute Gasteiger partial charge is 0.264 e. The highest BCUT2D eigenvalue weighted by Gasteiger charge is 2.22. The first kappa shape index (κ1) is 28.9. The van der Waals surface area contributed by atoms with Gasteiger partial charge in [-0.05, 0) is 41.0 Å². The van der Waals surface area contributed by atoms with E-state index in [0.717, 1.165) is 38.8 Å². The number of pyridine rings is 1. The molecule has 3 aromatic heterocycles. The summed E-state index contributed by atoms with van der Waals surface area (Å²) >= 11 is 1.82. The molecule has 5 heteroatoms. The van der Waals surface area contributed by atoms with Crippen LogP contribution in [0.4, 0.5) is 0 Å². The molecular weight excluding hydrogens is 617 g/mol. The summed E-state index contributed by atoms with van der Waals surface area (Å²) in [7, 11) is 0.